The zero-order valence-electron chi connectivity index (χ0n) is 7.70. The van der Waals surface area contributed by atoms with Gasteiger partial charge in [0.05, 0.1) is 11.9 Å². The molecule has 2 aromatic rings. The number of alkyl halides is 1. The monoisotopic (exact) mass is 206 g/mol. The van der Waals surface area contributed by atoms with Crippen LogP contribution < -0.4 is 0 Å². The SMILES string of the molecule is ClCCc1cn[nH]c1-c1ccccc1. The van der Waals surface area contributed by atoms with Crippen LogP contribution in [0.4, 0.5) is 0 Å². The Morgan fingerprint density at radius 2 is 2.00 bits per heavy atom. The van der Waals surface area contributed by atoms with Crippen LogP contribution in [-0.2, 0) is 6.42 Å². The molecule has 0 saturated heterocycles. The van der Waals surface area contributed by atoms with Crippen molar-refractivity contribution in [3.05, 3.63) is 42.1 Å². The van der Waals surface area contributed by atoms with Crippen molar-refractivity contribution >= 4 is 11.6 Å². The number of aromatic nitrogens is 2. The van der Waals surface area contributed by atoms with Gasteiger partial charge in [0.25, 0.3) is 0 Å². The first kappa shape index (κ1) is 9.28. The molecule has 2 nitrogen and oxygen atoms in total. The predicted octanol–water partition coefficient (Wildman–Crippen LogP) is 2.86. The van der Waals surface area contributed by atoms with E-state index >= 15 is 0 Å². The van der Waals surface area contributed by atoms with E-state index in [2.05, 4.69) is 22.3 Å². The standard InChI is InChI=1S/C11H11ClN2/c12-7-6-10-8-13-14-11(10)9-4-2-1-3-5-9/h1-5,8H,6-7H2,(H,13,14). The smallest absolute Gasteiger partial charge is 0.0682 e. The lowest BCUT2D eigenvalue weighted by Gasteiger charge is -2.00. The van der Waals surface area contributed by atoms with E-state index in [0.29, 0.717) is 5.88 Å². The molecule has 1 aromatic heterocycles. The molecule has 1 N–H and O–H groups in total. The van der Waals surface area contributed by atoms with Crippen LogP contribution in [-0.4, -0.2) is 16.1 Å². The van der Waals surface area contributed by atoms with Gasteiger partial charge in [0, 0.05) is 5.88 Å². The molecule has 0 fully saturated rings. The highest BCUT2D eigenvalue weighted by molar-refractivity contribution is 6.18. The molecule has 72 valence electrons. The highest BCUT2D eigenvalue weighted by atomic mass is 35.5. The maximum atomic E-state index is 5.71. The number of halogens is 1. The molecular formula is C11H11ClN2. The molecule has 0 amide bonds. The van der Waals surface area contributed by atoms with Gasteiger partial charge in [-0.05, 0) is 17.5 Å². The zero-order valence-corrected chi connectivity index (χ0v) is 8.46. The summed E-state index contributed by atoms with van der Waals surface area (Å²) >= 11 is 5.71. The summed E-state index contributed by atoms with van der Waals surface area (Å²) in [4.78, 5) is 0. The third-order valence-electron chi connectivity index (χ3n) is 2.14. The summed E-state index contributed by atoms with van der Waals surface area (Å²) in [5.74, 6) is 0.624. The van der Waals surface area contributed by atoms with Gasteiger partial charge >= 0.3 is 0 Å². The fourth-order valence-corrected chi connectivity index (χ4v) is 1.66. The van der Waals surface area contributed by atoms with Crippen molar-refractivity contribution < 1.29 is 0 Å². The molecule has 0 unspecified atom stereocenters. The van der Waals surface area contributed by atoms with Gasteiger partial charge in [0.1, 0.15) is 0 Å². The number of nitrogens with one attached hydrogen (secondary N) is 1. The molecule has 3 heteroatoms. The minimum absolute atomic E-state index is 0.624. The number of benzene rings is 1. The molecule has 0 aliphatic heterocycles. The van der Waals surface area contributed by atoms with E-state index < -0.39 is 0 Å². The van der Waals surface area contributed by atoms with Crippen molar-refractivity contribution in [3.8, 4) is 11.3 Å². The molecule has 0 bridgehead atoms. The molecule has 2 rings (SSSR count). The Kier molecular flexibility index (Phi) is 2.84. The summed E-state index contributed by atoms with van der Waals surface area (Å²) in [6, 6.07) is 10.2. The Bertz CT molecular complexity index is 395. The maximum Gasteiger partial charge on any atom is 0.0682 e. The molecule has 0 radical (unpaired) electrons. The lowest BCUT2D eigenvalue weighted by atomic mass is 10.1. The Balaban J connectivity index is 2.37. The highest BCUT2D eigenvalue weighted by Crippen LogP contribution is 2.20. The van der Waals surface area contributed by atoms with E-state index in [-0.39, 0.29) is 0 Å². The minimum atomic E-state index is 0.624. The highest BCUT2D eigenvalue weighted by Gasteiger charge is 2.05. The molecule has 0 aliphatic carbocycles. The molecule has 1 heterocycles. The van der Waals surface area contributed by atoms with Gasteiger partial charge in [-0.1, -0.05) is 30.3 Å². The van der Waals surface area contributed by atoms with E-state index in [1.165, 1.54) is 5.56 Å². The van der Waals surface area contributed by atoms with Crippen LogP contribution in [0.15, 0.2) is 36.5 Å². The molecule has 0 atom stereocenters. The molecule has 1 aromatic carbocycles. The van der Waals surface area contributed by atoms with Gasteiger partial charge in [0.2, 0.25) is 0 Å². The van der Waals surface area contributed by atoms with Gasteiger partial charge in [-0.25, -0.2) is 0 Å². The van der Waals surface area contributed by atoms with Gasteiger partial charge in [0.15, 0.2) is 0 Å². The van der Waals surface area contributed by atoms with Crippen molar-refractivity contribution in [2.75, 3.05) is 5.88 Å². The van der Waals surface area contributed by atoms with E-state index in [4.69, 9.17) is 11.6 Å². The number of aryl methyl sites for hydroxylation is 1. The first-order chi connectivity index (χ1) is 6.92. The topological polar surface area (TPSA) is 28.7 Å². The van der Waals surface area contributed by atoms with Gasteiger partial charge in [-0.15, -0.1) is 11.6 Å². The summed E-state index contributed by atoms with van der Waals surface area (Å²) in [6.07, 6.45) is 2.69. The van der Waals surface area contributed by atoms with Crippen LogP contribution in [0, 0.1) is 0 Å². The lowest BCUT2D eigenvalue weighted by molar-refractivity contribution is 1.10. The summed E-state index contributed by atoms with van der Waals surface area (Å²) in [7, 11) is 0. The van der Waals surface area contributed by atoms with Gasteiger partial charge in [-0.2, -0.15) is 5.10 Å². The van der Waals surface area contributed by atoms with Gasteiger partial charge in [-0.3, -0.25) is 5.10 Å². The summed E-state index contributed by atoms with van der Waals surface area (Å²) < 4.78 is 0. The van der Waals surface area contributed by atoms with Crippen LogP contribution in [0.5, 0.6) is 0 Å². The quantitative estimate of drug-likeness (QED) is 0.769. The first-order valence-corrected chi connectivity index (χ1v) is 5.09. The molecule has 0 saturated carbocycles. The van der Waals surface area contributed by atoms with Crippen LogP contribution >= 0.6 is 11.6 Å². The number of hydrogen-bond acceptors (Lipinski definition) is 1. The molecule has 0 aliphatic rings. The average molecular weight is 207 g/mol. The fourth-order valence-electron chi connectivity index (χ4n) is 1.46. The predicted molar refractivity (Wildman–Crippen MR) is 58.4 cm³/mol. The minimum Gasteiger partial charge on any atom is -0.278 e. The Morgan fingerprint density at radius 3 is 2.71 bits per heavy atom. The first-order valence-electron chi connectivity index (χ1n) is 4.55. The van der Waals surface area contributed by atoms with E-state index in [9.17, 15) is 0 Å². The molecule has 14 heavy (non-hydrogen) atoms. The van der Waals surface area contributed by atoms with Crippen molar-refractivity contribution in [1.82, 2.24) is 10.2 Å². The fraction of sp³-hybridized carbons (Fsp3) is 0.182. The Hall–Kier alpha value is -1.28. The van der Waals surface area contributed by atoms with Gasteiger partial charge < -0.3 is 0 Å². The average Bonchev–Trinajstić information content (AvgIpc) is 2.68. The second-order valence-electron chi connectivity index (χ2n) is 3.08. The molecule has 0 spiro atoms. The maximum absolute atomic E-state index is 5.71. The summed E-state index contributed by atoms with van der Waals surface area (Å²) in [6.45, 7) is 0. The Labute approximate surface area is 87.9 Å². The zero-order chi connectivity index (χ0) is 9.80. The number of hydrogen-bond donors (Lipinski definition) is 1. The lowest BCUT2D eigenvalue weighted by Crippen LogP contribution is -1.87. The van der Waals surface area contributed by atoms with Crippen LogP contribution in [0.2, 0.25) is 0 Å². The van der Waals surface area contributed by atoms with Crippen molar-refractivity contribution in [1.29, 1.82) is 0 Å². The number of aromatic amines is 1. The van der Waals surface area contributed by atoms with E-state index in [1.807, 2.05) is 24.4 Å². The summed E-state index contributed by atoms with van der Waals surface area (Å²) in [5.41, 5.74) is 3.41. The van der Waals surface area contributed by atoms with Crippen LogP contribution in [0.25, 0.3) is 11.3 Å². The largest absolute Gasteiger partial charge is 0.278 e. The van der Waals surface area contributed by atoms with E-state index in [0.717, 1.165) is 17.7 Å². The van der Waals surface area contributed by atoms with Crippen LogP contribution in [0.1, 0.15) is 5.56 Å². The second-order valence-corrected chi connectivity index (χ2v) is 3.45. The third-order valence-corrected chi connectivity index (χ3v) is 2.33. The van der Waals surface area contributed by atoms with E-state index in [1.54, 1.807) is 0 Å². The summed E-state index contributed by atoms with van der Waals surface area (Å²) in [5, 5.41) is 7.03. The molecular weight excluding hydrogens is 196 g/mol. The number of nitrogens with zero attached hydrogens (tertiary/aromatic N) is 1. The normalized spacial score (nSPS) is 10.4. The third kappa shape index (κ3) is 1.80. The Morgan fingerprint density at radius 1 is 1.21 bits per heavy atom. The number of H-pyrrole nitrogens is 1. The van der Waals surface area contributed by atoms with Crippen molar-refractivity contribution in [3.63, 3.8) is 0 Å². The number of rotatable bonds is 3. The van der Waals surface area contributed by atoms with Crippen molar-refractivity contribution in [2.45, 2.75) is 6.42 Å². The second kappa shape index (κ2) is 4.29. The van der Waals surface area contributed by atoms with Crippen LogP contribution in [0.3, 0.4) is 0 Å². The van der Waals surface area contributed by atoms with Crippen molar-refractivity contribution in [2.24, 2.45) is 0 Å².